The molecule has 0 atom stereocenters. The normalized spacial score (nSPS) is 14.2. The Hall–Kier alpha value is -2.03. The summed E-state index contributed by atoms with van der Waals surface area (Å²) < 4.78 is 0. The summed E-state index contributed by atoms with van der Waals surface area (Å²) in [4.78, 5) is 6.48. The lowest BCUT2D eigenvalue weighted by atomic mass is 10.1. The van der Waals surface area contributed by atoms with Crippen LogP contribution < -0.4 is 10.2 Å². The van der Waals surface area contributed by atoms with Gasteiger partial charge in [-0.05, 0) is 36.1 Å². The molecule has 1 aromatic heterocycles. The zero-order chi connectivity index (χ0) is 13.2. The first-order chi connectivity index (χ1) is 9.24. The molecule has 0 saturated carbocycles. The Bertz CT molecular complexity index is 553. The van der Waals surface area contributed by atoms with E-state index in [0.717, 1.165) is 24.3 Å². The number of nitrogens with one attached hydrogen (secondary N) is 1. The van der Waals surface area contributed by atoms with Crippen molar-refractivity contribution in [3.63, 3.8) is 0 Å². The van der Waals surface area contributed by atoms with E-state index in [1.54, 1.807) is 0 Å². The number of hydrogen-bond donors (Lipinski definition) is 1. The SMILES string of the molecule is CN(C)c1ncccc1NC1Cc2ccccc2C1. The van der Waals surface area contributed by atoms with Crippen molar-refractivity contribution in [1.29, 1.82) is 0 Å². The molecular weight excluding hydrogens is 234 g/mol. The molecule has 0 saturated heterocycles. The second-order valence-corrected chi connectivity index (χ2v) is 5.29. The highest BCUT2D eigenvalue weighted by atomic mass is 15.2. The van der Waals surface area contributed by atoms with Gasteiger partial charge in [-0.25, -0.2) is 4.98 Å². The van der Waals surface area contributed by atoms with Gasteiger partial charge in [0.1, 0.15) is 0 Å². The number of pyridine rings is 1. The average molecular weight is 253 g/mol. The lowest BCUT2D eigenvalue weighted by molar-refractivity contribution is 0.772. The Balaban J connectivity index is 1.78. The molecule has 0 aliphatic heterocycles. The van der Waals surface area contributed by atoms with E-state index in [0.29, 0.717) is 6.04 Å². The second kappa shape index (κ2) is 4.92. The smallest absolute Gasteiger partial charge is 0.151 e. The summed E-state index contributed by atoms with van der Waals surface area (Å²) in [5.74, 6) is 0.999. The summed E-state index contributed by atoms with van der Waals surface area (Å²) >= 11 is 0. The van der Waals surface area contributed by atoms with Crippen LogP contribution in [0.5, 0.6) is 0 Å². The number of anilines is 2. The Morgan fingerprint density at radius 2 is 1.74 bits per heavy atom. The van der Waals surface area contributed by atoms with E-state index >= 15 is 0 Å². The highest BCUT2D eigenvalue weighted by Crippen LogP contribution is 2.27. The van der Waals surface area contributed by atoms with E-state index in [-0.39, 0.29) is 0 Å². The Morgan fingerprint density at radius 1 is 1.05 bits per heavy atom. The first-order valence-electron chi connectivity index (χ1n) is 6.69. The molecule has 19 heavy (non-hydrogen) atoms. The second-order valence-electron chi connectivity index (χ2n) is 5.29. The fourth-order valence-corrected chi connectivity index (χ4v) is 2.75. The third-order valence-electron chi connectivity index (χ3n) is 3.62. The largest absolute Gasteiger partial charge is 0.379 e. The predicted octanol–water partition coefficient (Wildman–Crippen LogP) is 2.73. The monoisotopic (exact) mass is 253 g/mol. The molecular formula is C16H19N3. The maximum Gasteiger partial charge on any atom is 0.151 e. The quantitative estimate of drug-likeness (QED) is 0.911. The van der Waals surface area contributed by atoms with Gasteiger partial charge in [0, 0.05) is 26.3 Å². The molecule has 3 rings (SSSR count). The third-order valence-corrected chi connectivity index (χ3v) is 3.62. The van der Waals surface area contributed by atoms with Crippen LogP contribution >= 0.6 is 0 Å². The highest BCUT2D eigenvalue weighted by molar-refractivity contribution is 5.65. The van der Waals surface area contributed by atoms with Gasteiger partial charge in [-0.15, -0.1) is 0 Å². The highest BCUT2D eigenvalue weighted by Gasteiger charge is 2.21. The summed E-state index contributed by atoms with van der Waals surface area (Å²) in [6, 6.07) is 13.3. The molecule has 1 aliphatic carbocycles. The van der Waals surface area contributed by atoms with Gasteiger partial charge in [0.15, 0.2) is 5.82 Å². The topological polar surface area (TPSA) is 28.2 Å². The van der Waals surface area contributed by atoms with Crippen LogP contribution in [0.4, 0.5) is 11.5 Å². The van der Waals surface area contributed by atoms with Crippen LogP contribution in [0.3, 0.4) is 0 Å². The minimum Gasteiger partial charge on any atom is -0.379 e. The molecule has 1 N–H and O–H groups in total. The summed E-state index contributed by atoms with van der Waals surface area (Å²) in [6.07, 6.45) is 4.03. The number of rotatable bonds is 3. The Labute approximate surface area is 114 Å². The fraction of sp³-hybridized carbons (Fsp3) is 0.312. The lowest BCUT2D eigenvalue weighted by Gasteiger charge is -2.20. The van der Waals surface area contributed by atoms with Gasteiger partial charge < -0.3 is 10.2 Å². The average Bonchev–Trinajstić information content (AvgIpc) is 2.81. The third kappa shape index (κ3) is 2.41. The zero-order valence-electron chi connectivity index (χ0n) is 11.4. The van der Waals surface area contributed by atoms with Crippen LogP contribution in [0, 0.1) is 0 Å². The van der Waals surface area contributed by atoms with Crippen molar-refractivity contribution < 1.29 is 0 Å². The van der Waals surface area contributed by atoms with Crippen LogP contribution in [-0.2, 0) is 12.8 Å². The van der Waals surface area contributed by atoms with Gasteiger partial charge in [-0.2, -0.15) is 0 Å². The number of benzene rings is 1. The molecule has 2 aromatic rings. The van der Waals surface area contributed by atoms with Gasteiger partial charge in [0.25, 0.3) is 0 Å². The van der Waals surface area contributed by atoms with Gasteiger partial charge in [0.2, 0.25) is 0 Å². The van der Waals surface area contributed by atoms with Crippen LogP contribution in [0.15, 0.2) is 42.6 Å². The Kier molecular flexibility index (Phi) is 3.11. The van der Waals surface area contributed by atoms with Crippen molar-refractivity contribution in [2.45, 2.75) is 18.9 Å². The van der Waals surface area contributed by atoms with Crippen molar-refractivity contribution in [3.05, 3.63) is 53.7 Å². The van der Waals surface area contributed by atoms with Gasteiger partial charge in [-0.1, -0.05) is 24.3 Å². The van der Waals surface area contributed by atoms with Crippen molar-refractivity contribution in [1.82, 2.24) is 4.98 Å². The molecule has 0 fully saturated rings. The molecule has 1 heterocycles. The summed E-state index contributed by atoms with van der Waals surface area (Å²) in [6.45, 7) is 0. The summed E-state index contributed by atoms with van der Waals surface area (Å²) in [5.41, 5.74) is 4.05. The van der Waals surface area contributed by atoms with E-state index in [4.69, 9.17) is 0 Å². The molecule has 3 nitrogen and oxygen atoms in total. The van der Waals surface area contributed by atoms with Gasteiger partial charge >= 0.3 is 0 Å². The number of aromatic nitrogens is 1. The van der Waals surface area contributed by atoms with Crippen LogP contribution in [0.1, 0.15) is 11.1 Å². The van der Waals surface area contributed by atoms with Gasteiger partial charge in [-0.3, -0.25) is 0 Å². The molecule has 0 radical (unpaired) electrons. The molecule has 0 unspecified atom stereocenters. The number of fused-ring (bicyclic) bond motifs is 1. The van der Waals surface area contributed by atoms with E-state index in [2.05, 4.69) is 40.6 Å². The molecule has 1 aromatic carbocycles. The van der Waals surface area contributed by atoms with Crippen molar-refractivity contribution in [2.75, 3.05) is 24.3 Å². The van der Waals surface area contributed by atoms with Crippen LogP contribution in [-0.4, -0.2) is 25.1 Å². The first-order valence-corrected chi connectivity index (χ1v) is 6.69. The fourth-order valence-electron chi connectivity index (χ4n) is 2.75. The minimum absolute atomic E-state index is 0.472. The maximum absolute atomic E-state index is 4.43. The predicted molar refractivity (Wildman–Crippen MR) is 79.8 cm³/mol. The molecule has 0 amide bonds. The zero-order valence-corrected chi connectivity index (χ0v) is 11.4. The number of nitrogens with zero attached hydrogens (tertiary/aromatic N) is 2. The molecule has 0 spiro atoms. The molecule has 98 valence electrons. The van der Waals surface area contributed by atoms with Crippen molar-refractivity contribution >= 4 is 11.5 Å². The van der Waals surface area contributed by atoms with Crippen molar-refractivity contribution in [2.24, 2.45) is 0 Å². The van der Waals surface area contributed by atoms with E-state index in [1.165, 1.54) is 11.1 Å². The maximum atomic E-state index is 4.43. The van der Waals surface area contributed by atoms with Crippen LogP contribution in [0.25, 0.3) is 0 Å². The molecule has 0 bridgehead atoms. The lowest BCUT2D eigenvalue weighted by Crippen LogP contribution is -2.22. The van der Waals surface area contributed by atoms with Gasteiger partial charge in [0.05, 0.1) is 5.69 Å². The van der Waals surface area contributed by atoms with E-state index in [1.807, 2.05) is 31.3 Å². The summed E-state index contributed by atoms with van der Waals surface area (Å²) in [7, 11) is 4.05. The summed E-state index contributed by atoms with van der Waals surface area (Å²) in [5, 5.41) is 3.63. The molecule has 3 heteroatoms. The van der Waals surface area contributed by atoms with E-state index < -0.39 is 0 Å². The molecule has 1 aliphatic rings. The standard InChI is InChI=1S/C16H19N3/c1-19(2)16-15(8-5-9-17-16)18-14-10-12-6-3-4-7-13(12)11-14/h3-9,14,18H,10-11H2,1-2H3. The number of hydrogen-bond acceptors (Lipinski definition) is 3. The minimum atomic E-state index is 0.472. The first kappa shape index (κ1) is 12.0. The Morgan fingerprint density at radius 3 is 2.37 bits per heavy atom. The van der Waals surface area contributed by atoms with E-state index in [9.17, 15) is 0 Å². The van der Waals surface area contributed by atoms with Crippen LogP contribution in [0.2, 0.25) is 0 Å². The van der Waals surface area contributed by atoms with Crippen molar-refractivity contribution in [3.8, 4) is 0 Å².